The molecule has 0 aliphatic carbocycles. The number of carbonyl (C=O) groups is 2. The third-order valence-electron chi connectivity index (χ3n) is 8.66. The molecule has 4 aliphatic heterocycles. The molecule has 0 radical (unpaired) electrons. The number of nitrogens with one attached hydrogen (secondary N) is 1. The number of aromatic nitrogens is 1. The average molecular weight is 577 g/mol. The summed E-state index contributed by atoms with van der Waals surface area (Å²) in [4.78, 5) is 34.6. The van der Waals surface area contributed by atoms with Gasteiger partial charge in [-0.3, -0.25) is 14.5 Å². The van der Waals surface area contributed by atoms with Gasteiger partial charge in [0, 0.05) is 55.6 Å². The van der Waals surface area contributed by atoms with Crippen molar-refractivity contribution in [2.45, 2.75) is 31.4 Å². The Bertz CT molecular complexity index is 1490. The number of hydrogen-bond donors (Lipinski definition) is 1. The van der Waals surface area contributed by atoms with Gasteiger partial charge in [-0.05, 0) is 67.8 Å². The molecule has 0 atom stereocenters. The normalized spacial score (nSPS) is 20.8. The van der Waals surface area contributed by atoms with Crippen LogP contribution < -0.4 is 15.0 Å². The summed E-state index contributed by atoms with van der Waals surface area (Å²) in [7, 11) is -2.57. The Morgan fingerprint density at radius 1 is 1.07 bits per heavy atom. The van der Waals surface area contributed by atoms with Gasteiger partial charge in [0.15, 0.2) is 0 Å². The van der Waals surface area contributed by atoms with Gasteiger partial charge in [0.2, 0.25) is 5.91 Å². The fraction of sp³-hybridized carbons (Fsp3) is 0.433. The summed E-state index contributed by atoms with van der Waals surface area (Å²) in [6.45, 7) is 12.1. The Morgan fingerprint density at radius 3 is 2.54 bits per heavy atom. The lowest BCUT2D eigenvalue weighted by Crippen LogP contribution is -2.61. The predicted molar refractivity (Wildman–Crippen MR) is 160 cm³/mol. The number of hydrogen-bond acceptors (Lipinski definition) is 8. The molecular weight excluding hydrogens is 540 g/mol. The minimum atomic E-state index is -2.57. The van der Waals surface area contributed by atoms with Gasteiger partial charge >= 0.3 is 0 Å². The summed E-state index contributed by atoms with van der Waals surface area (Å²) < 4.78 is 23.2. The van der Waals surface area contributed by atoms with Crippen LogP contribution in [-0.2, 0) is 25.9 Å². The van der Waals surface area contributed by atoms with Gasteiger partial charge in [-0.2, -0.15) is 4.36 Å². The van der Waals surface area contributed by atoms with E-state index in [0.717, 1.165) is 73.6 Å². The van der Waals surface area contributed by atoms with Crippen molar-refractivity contribution in [3.05, 3.63) is 66.9 Å². The van der Waals surface area contributed by atoms with Crippen LogP contribution in [0, 0.1) is 0 Å². The maximum atomic E-state index is 13.0. The van der Waals surface area contributed by atoms with E-state index in [-0.39, 0.29) is 5.91 Å². The van der Waals surface area contributed by atoms with Gasteiger partial charge in [-0.25, -0.2) is 9.19 Å². The number of anilines is 3. The lowest BCUT2D eigenvalue weighted by atomic mass is 9.88. The minimum absolute atomic E-state index is 0.0216. The lowest BCUT2D eigenvalue weighted by Gasteiger charge is -2.47. The number of nitrogens with zero attached hydrogens (tertiary/aromatic N) is 5. The molecule has 1 aromatic carbocycles. The molecule has 2 amide bonds. The summed E-state index contributed by atoms with van der Waals surface area (Å²) in [6, 6.07) is 8.84. The summed E-state index contributed by atoms with van der Waals surface area (Å²) in [6.07, 6.45) is 6.44. The van der Waals surface area contributed by atoms with Gasteiger partial charge in [0.05, 0.1) is 21.0 Å². The van der Waals surface area contributed by atoms with Crippen LogP contribution in [0.3, 0.4) is 0 Å². The monoisotopic (exact) mass is 576 g/mol. The van der Waals surface area contributed by atoms with Crippen LogP contribution in [0.25, 0.3) is 0 Å². The van der Waals surface area contributed by atoms with Gasteiger partial charge in [0.1, 0.15) is 18.2 Å². The van der Waals surface area contributed by atoms with E-state index in [1.54, 1.807) is 6.20 Å². The number of rotatable bonds is 5. The average Bonchev–Trinajstić information content (AvgIpc) is 3.15. The highest BCUT2D eigenvalue weighted by Crippen LogP contribution is 2.40. The van der Waals surface area contributed by atoms with Crippen LogP contribution in [0.15, 0.2) is 60.1 Å². The molecule has 0 spiro atoms. The maximum absolute atomic E-state index is 13.0. The molecule has 6 rings (SSSR count). The SMILES string of the molecule is C=CC(=O)N=S1(=O)CCN(c2ccnc3c2COc2ccc(C4CCN(C5CN(C(=O)C=C)C5)CC4)cc2N3)CC1. The molecule has 10 nitrogen and oxygen atoms in total. The van der Waals surface area contributed by atoms with Crippen molar-refractivity contribution < 1.29 is 18.5 Å². The standard InChI is InChI=1S/C30H36N6O4S/c1-3-28(37)33-41(39)15-13-35(14-16-41)26-7-10-31-30-24(26)20-40-27-6-5-22(17-25(27)32-30)21-8-11-34(12-9-21)23-18-36(19-23)29(38)4-2/h3-7,10,17,21,23H,1-2,8-9,11-16,18-20H2,(H,31,32). The number of ether oxygens (including phenoxy) is 1. The van der Waals surface area contributed by atoms with Gasteiger partial charge in [-0.1, -0.05) is 19.2 Å². The van der Waals surface area contributed by atoms with Crippen LogP contribution in [0.2, 0.25) is 0 Å². The largest absolute Gasteiger partial charge is 0.487 e. The first-order valence-corrected chi connectivity index (χ1v) is 16.0. The van der Waals surface area contributed by atoms with Crippen LogP contribution in [0.1, 0.15) is 29.9 Å². The van der Waals surface area contributed by atoms with Crippen molar-refractivity contribution in [3.8, 4) is 5.75 Å². The van der Waals surface area contributed by atoms with Crippen molar-refractivity contribution in [1.82, 2.24) is 14.8 Å². The third-order valence-corrected chi connectivity index (χ3v) is 10.8. The molecule has 3 fully saturated rings. The van der Waals surface area contributed by atoms with Crippen molar-refractivity contribution in [3.63, 3.8) is 0 Å². The molecular formula is C30H36N6O4S. The van der Waals surface area contributed by atoms with E-state index in [0.29, 0.717) is 43.2 Å². The Morgan fingerprint density at radius 2 is 1.83 bits per heavy atom. The van der Waals surface area contributed by atoms with Crippen molar-refractivity contribution in [2.75, 3.05) is 61.0 Å². The van der Waals surface area contributed by atoms with E-state index in [2.05, 4.69) is 55.8 Å². The summed E-state index contributed by atoms with van der Waals surface area (Å²) in [5.74, 6) is 2.17. The zero-order chi connectivity index (χ0) is 28.6. The third kappa shape index (κ3) is 5.60. The Balaban J connectivity index is 1.12. The molecule has 41 heavy (non-hydrogen) atoms. The summed E-state index contributed by atoms with van der Waals surface area (Å²) in [5, 5.41) is 3.53. The Hall–Kier alpha value is -3.70. The number of fused-ring (bicyclic) bond motifs is 2. The molecule has 1 N–H and O–H groups in total. The molecule has 0 bridgehead atoms. The van der Waals surface area contributed by atoms with Gasteiger partial charge in [-0.15, -0.1) is 0 Å². The van der Waals surface area contributed by atoms with Gasteiger partial charge < -0.3 is 19.9 Å². The van der Waals surface area contributed by atoms with Crippen LogP contribution in [0.5, 0.6) is 5.75 Å². The van der Waals surface area contributed by atoms with E-state index in [4.69, 9.17) is 4.74 Å². The highest BCUT2D eigenvalue weighted by Gasteiger charge is 2.36. The highest BCUT2D eigenvalue weighted by molar-refractivity contribution is 7.94. The van der Waals surface area contributed by atoms with Crippen molar-refractivity contribution >= 4 is 38.7 Å². The van der Waals surface area contributed by atoms with E-state index in [1.807, 2.05) is 11.0 Å². The van der Waals surface area contributed by atoms with Crippen LogP contribution in [-0.4, -0.2) is 87.6 Å². The number of likely N-dealkylation sites (tertiary alicyclic amines) is 2. The molecule has 4 aliphatic rings. The Labute approximate surface area is 241 Å². The van der Waals surface area contributed by atoms with Gasteiger partial charge in [0.25, 0.3) is 5.91 Å². The second-order valence-electron chi connectivity index (χ2n) is 11.0. The first-order chi connectivity index (χ1) is 19.9. The molecule has 11 heteroatoms. The molecule has 3 saturated heterocycles. The fourth-order valence-electron chi connectivity index (χ4n) is 6.18. The predicted octanol–water partition coefficient (Wildman–Crippen LogP) is 3.29. The van der Waals surface area contributed by atoms with Crippen LogP contribution >= 0.6 is 0 Å². The zero-order valence-electron chi connectivity index (χ0n) is 23.2. The van der Waals surface area contributed by atoms with Crippen LogP contribution in [0.4, 0.5) is 17.2 Å². The second kappa shape index (κ2) is 11.3. The molecule has 5 heterocycles. The first-order valence-electron chi connectivity index (χ1n) is 14.2. The maximum Gasteiger partial charge on any atom is 0.277 e. The van der Waals surface area contributed by atoms with E-state index < -0.39 is 15.6 Å². The van der Waals surface area contributed by atoms with E-state index in [9.17, 15) is 13.8 Å². The molecule has 216 valence electrons. The number of amides is 2. The molecule has 0 saturated carbocycles. The number of benzene rings is 1. The van der Waals surface area contributed by atoms with Crippen molar-refractivity contribution in [1.29, 1.82) is 0 Å². The number of carbonyl (C=O) groups excluding carboxylic acids is 2. The molecule has 2 aromatic rings. The fourth-order valence-corrected chi connectivity index (χ4v) is 7.98. The quantitative estimate of drug-likeness (QED) is 0.541. The molecule has 0 unspecified atom stereocenters. The zero-order valence-corrected chi connectivity index (χ0v) is 24.0. The highest BCUT2D eigenvalue weighted by atomic mass is 32.2. The lowest BCUT2D eigenvalue weighted by molar-refractivity contribution is -0.133. The topological polar surface area (TPSA) is 107 Å². The minimum Gasteiger partial charge on any atom is -0.487 e. The Kier molecular flexibility index (Phi) is 7.56. The van der Waals surface area contributed by atoms with E-state index in [1.165, 1.54) is 11.6 Å². The summed E-state index contributed by atoms with van der Waals surface area (Å²) >= 11 is 0. The smallest absolute Gasteiger partial charge is 0.277 e. The second-order valence-corrected chi connectivity index (χ2v) is 13.6. The van der Waals surface area contributed by atoms with Crippen molar-refractivity contribution in [2.24, 2.45) is 4.36 Å². The van der Waals surface area contributed by atoms with E-state index >= 15 is 0 Å². The number of pyridine rings is 1. The summed E-state index contributed by atoms with van der Waals surface area (Å²) in [5.41, 5.74) is 4.15. The number of piperidine rings is 1. The molecule has 1 aromatic heterocycles. The first kappa shape index (κ1) is 27.5.